The molecule has 0 bridgehead atoms. The molecule has 2 rings (SSSR count). The van der Waals surface area contributed by atoms with E-state index in [9.17, 15) is 8.42 Å². The summed E-state index contributed by atoms with van der Waals surface area (Å²) in [6.07, 6.45) is 0. The van der Waals surface area contributed by atoms with E-state index in [1.807, 2.05) is 7.05 Å². The number of hydrogen-bond donors (Lipinski definition) is 0. The smallest absolute Gasteiger partial charge is 0.252 e. The molecule has 0 aliphatic carbocycles. The van der Waals surface area contributed by atoms with Crippen molar-refractivity contribution in [2.75, 3.05) is 33.2 Å². The standard InChI is InChI=1S/C9H13ClN2O2S2.ClH/c1-11-4-6-12(7-5-11)16(13,14)9-3-2-8(10)15-9;/h2-3H,4-7H2,1H3;1H. The average Bonchev–Trinajstić information content (AvgIpc) is 2.66. The Morgan fingerprint density at radius 1 is 1.24 bits per heavy atom. The molecule has 4 nitrogen and oxygen atoms in total. The van der Waals surface area contributed by atoms with Crippen molar-refractivity contribution in [3.8, 4) is 0 Å². The van der Waals surface area contributed by atoms with Gasteiger partial charge in [-0.25, -0.2) is 8.42 Å². The van der Waals surface area contributed by atoms with Gasteiger partial charge in [0.25, 0.3) is 10.0 Å². The Balaban J connectivity index is 0.00000144. The molecule has 2 heterocycles. The summed E-state index contributed by atoms with van der Waals surface area (Å²) in [5.41, 5.74) is 0. The third-order valence-electron chi connectivity index (χ3n) is 2.60. The van der Waals surface area contributed by atoms with Crippen molar-refractivity contribution in [3.05, 3.63) is 16.5 Å². The molecule has 0 unspecified atom stereocenters. The maximum Gasteiger partial charge on any atom is 0.252 e. The molecule has 17 heavy (non-hydrogen) atoms. The summed E-state index contributed by atoms with van der Waals surface area (Å²) < 4.78 is 26.7. The van der Waals surface area contributed by atoms with Crippen LogP contribution < -0.4 is 0 Å². The lowest BCUT2D eigenvalue weighted by molar-refractivity contribution is 0.222. The van der Waals surface area contributed by atoms with Crippen LogP contribution in [0.15, 0.2) is 16.3 Å². The van der Waals surface area contributed by atoms with Gasteiger partial charge in [0.15, 0.2) is 0 Å². The first-order valence-corrected chi connectivity index (χ1v) is 7.57. The third-order valence-corrected chi connectivity index (χ3v) is 6.20. The van der Waals surface area contributed by atoms with Crippen LogP contribution >= 0.6 is 35.3 Å². The number of halogens is 2. The largest absolute Gasteiger partial charge is 0.304 e. The monoisotopic (exact) mass is 316 g/mol. The number of hydrogen-bond acceptors (Lipinski definition) is 4. The van der Waals surface area contributed by atoms with E-state index < -0.39 is 10.0 Å². The predicted octanol–water partition coefficient (Wildman–Crippen LogP) is 1.76. The fraction of sp³-hybridized carbons (Fsp3) is 0.556. The molecule has 1 aliphatic rings. The summed E-state index contributed by atoms with van der Waals surface area (Å²) in [6.45, 7) is 2.65. The molecule has 0 spiro atoms. The van der Waals surface area contributed by atoms with Crippen LogP contribution in [0.5, 0.6) is 0 Å². The van der Waals surface area contributed by atoms with Crippen molar-refractivity contribution < 1.29 is 8.42 Å². The first-order valence-electron chi connectivity index (χ1n) is 4.94. The molecule has 8 heteroatoms. The van der Waals surface area contributed by atoms with E-state index in [0.717, 1.165) is 24.4 Å². The van der Waals surface area contributed by atoms with Crippen LogP contribution in [0, 0.1) is 0 Å². The van der Waals surface area contributed by atoms with Crippen LogP contribution in [0.2, 0.25) is 4.34 Å². The molecule has 0 atom stereocenters. The molecule has 0 aromatic carbocycles. The maximum absolute atomic E-state index is 12.2. The van der Waals surface area contributed by atoms with E-state index in [4.69, 9.17) is 11.6 Å². The zero-order valence-electron chi connectivity index (χ0n) is 9.30. The Labute approximate surface area is 117 Å². The molecule has 1 saturated heterocycles. The minimum atomic E-state index is -3.32. The van der Waals surface area contributed by atoms with Crippen LogP contribution in [-0.4, -0.2) is 50.8 Å². The number of rotatable bonds is 2. The van der Waals surface area contributed by atoms with Gasteiger partial charge in [-0.15, -0.1) is 23.7 Å². The van der Waals surface area contributed by atoms with E-state index in [1.165, 1.54) is 4.31 Å². The summed E-state index contributed by atoms with van der Waals surface area (Å²) in [4.78, 5) is 2.12. The lowest BCUT2D eigenvalue weighted by Gasteiger charge is -2.31. The summed E-state index contributed by atoms with van der Waals surface area (Å²) >= 11 is 6.87. The molecule has 0 radical (unpaired) electrons. The van der Waals surface area contributed by atoms with Crippen molar-refractivity contribution in [3.63, 3.8) is 0 Å². The second-order valence-corrected chi connectivity index (χ2v) is 7.65. The third kappa shape index (κ3) is 3.33. The topological polar surface area (TPSA) is 40.6 Å². The highest BCUT2D eigenvalue weighted by atomic mass is 35.5. The zero-order valence-corrected chi connectivity index (χ0v) is 12.5. The van der Waals surface area contributed by atoms with E-state index in [2.05, 4.69) is 4.90 Å². The molecule has 98 valence electrons. The van der Waals surface area contributed by atoms with Crippen LogP contribution in [0.3, 0.4) is 0 Å². The highest BCUT2D eigenvalue weighted by molar-refractivity contribution is 7.91. The van der Waals surface area contributed by atoms with Crippen molar-refractivity contribution >= 4 is 45.4 Å². The minimum absolute atomic E-state index is 0. The first-order chi connectivity index (χ1) is 7.50. The molecule has 0 N–H and O–H groups in total. The van der Waals surface area contributed by atoms with E-state index >= 15 is 0 Å². The summed E-state index contributed by atoms with van der Waals surface area (Å²) in [6, 6.07) is 3.19. The van der Waals surface area contributed by atoms with Gasteiger partial charge in [0, 0.05) is 26.2 Å². The molecule has 1 aromatic rings. The molecular formula is C9H14Cl2N2O2S2. The Bertz CT molecular complexity index is 467. The Hall–Kier alpha value is 0.150. The summed E-state index contributed by atoms with van der Waals surface area (Å²) in [7, 11) is -1.33. The fourth-order valence-corrected chi connectivity index (χ4v) is 4.65. The lowest BCUT2D eigenvalue weighted by atomic mass is 10.4. The molecular weight excluding hydrogens is 303 g/mol. The van der Waals surface area contributed by atoms with E-state index in [0.29, 0.717) is 21.6 Å². The van der Waals surface area contributed by atoms with Gasteiger partial charge < -0.3 is 4.90 Å². The number of sulfonamides is 1. The second-order valence-electron chi connectivity index (χ2n) is 3.77. The summed E-state index contributed by atoms with van der Waals surface area (Å²) in [5, 5.41) is 0. The number of thiophene rings is 1. The van der Waals surface area contributed by atoms with Crippen LogP contribution in [0.25, 0.3) is 0 Å². The van der Waals surface area contributed by atoms with Crippen molar-refractivity contribution in [1.82, 2.24) is 9.21 Å². The predicted molar refractivity (Wildman–Crippen MR) is 72.8 cm³/mol. The second kappa shape index (κ2) is 5.86. The molecule has 1 fully saturated rings. The first kappa shape index (κ1) is 15.2. The van der Waals surface area contributed by atoms with Gasteiger partial charge in [0.1, 0.15) is 4.21 Å². The average molecular weight is 317 g/mol. The Kier molecular flexibility index (Phi) is 5.24. The lowest BCUT2D eigenvalue weighted by Crippen LogP contribution is -2.46. The van der Waals surface area contributed by atoms with E-state index in [1.54, 1.807) is 12.1 Å². The SMILES string of the molecule is CN1CCN(S(=O)(=O)c2ccc(Cl)s2)CC1.Cl. The van der Waals surface area contributed by atoms with Crippen molar-refractivity contribution in [2.24, 2.45) is 0 Å². The van der Waals surface area contributed by atoms with Crippen molar-refractivity contribution in [2.45, 2.75) is 4.21 Å². The van der Waals surface area contributed by atoms with E-state index in [-0.39, 0.29) is 12.4 Å². The Morgan fingerprint density at radius 3 is 2.29 bits per heavy atom. The van der Waals surface area contributed by atoms with Crippen molar-refractivity contribution in [1.29, 1.82) is 0 Å². The fourth-order valence-electron chi connectivity index (χ4n) is 1.59. The maximum atomic E-state index is 12.2. The zero-order chi connectivity index (χ0) is 11.8. The number of nitrogens with zero attached hydrogens (tertiary/aromatic N) is 2. The van der Waals surface area contributed by atoms with Gasteiger partial charge in [-0.2, -0.15) is 4.31 Å². The summed E-state index contributed by atoms with van der Waals surface area (Å²) in [5.74, 6) is 0. The van der Waals surface area contributed by atoms with Gasteiger partial charge in [0.05, 0.1) is 4.34 Å². The molecule has 0 amide bonds. The highest BCUT2D eigenvalue weighted by Gasteiger charge is 2.28. The molecule has 1 aromatic heterocycles. The van der Waals surface area contributed by atoms with Gasteiger partial charge in [0.2, 0.25) is 0 Å². The van der Waals surface area contributed by atoms with Gasteiger partial charge in [-0.05, 0) is 19.2 Å². The van der Waals surface area contributed by atoms with Crippen LogP contribution in [0.1, 0.15) is 0 Å². The van der Waals surface area contributed by atoms with Gasteiger partial charge in [-0.3, -0.25) is 0 Å². The normalized spacial score (nSPS) is 18.9. The van der Waals surface area contributed by atoms with Crippen LogP contribution in [0.4, 0.5) is 0 Å². The number of piperazine rings is 1. The quantitative estimate of drug-likeness (QED) is 0.834. The van der Waals surface area contributed by atoms with Gasteiger partial charge >= 0.3 is 0 Å². The molecule has 0 saturated carbocycles. The minimum Gasteiger partial charge on any atom is -0.304 e. The highest BCUT2D eigenvalue weighted by Crippen LogP contribution is 2.28. The Morgan fingerprint density at radius 2 is 1.82 bits per heavy atom. The molecule has 1 aliphatic heterocycles. The van der Waals surface area contributed by atoms with Gasteiger partial charge in [-0.1, -0.05) is 11.6 Å². The number of likely N-dealkylation sites (N-methyl/N-ethyl adjacent to an activating group) is 1. The van der Waals surface area contributed by atoms with Crippen LogP contribution in [-0.2, 0) is 10.0 Å².